The average molecular weight is 487 g/mol. The number of thioether (sulfide) groups is 1. The maximum Gasteiger partial charge on any atom is 0.293 e. The Morgan fingerprint density at radius 1 is 1.00 bits per heavy atom. The van der Waals surface area contributed by atoms with Crippen molar-refractivity contribution in [2.75, 3.05) is 41.5 Å². The molecule has 0 spiro atoms. The van der Waals surface area contributed by atoms with Gasteiger partial charge in [-0.1, -0.05) is 12.1 Å². The highest BCUT2D eigenvalue weighted by Gasteiger charge is 2.34. The number of methoxy groups -OCH3 is 4. The monoisotopic (exact) mass is 486 g/mol. The van der Waals surface area contributed by atoms with Crippen molar-refractivity contribution in [1.29, 1.82) is 0 Å². The molecule has 0 bridgehead atoms. The van der Waals surface area contributed by atoms with Crippen molar-refractivity contribution in [3.05, 3.63) is 58.0 Å². The quantitative estimate of drug-likeness (QED) is 0.510. The van der Waals surface area contributed by atoms with Crippen molar-refractivity contribution in [2.45, 2.75) is 6.61 Å². The summed E-state index contributed by atoms with van der Waals surface area (Å²) in [5.74, 6) is 0.584. The number of amides is 3. The Morgan fingerprint density at radius 2 is 1.65 bits per heavy atom. The average Bonchev–Trinajstić information content (AvgIpc) is 3.11. The first-order chi connectivity index (χ1) is 16.4. The van der Waals surface area contributed by atoms with Gasteiger partial charge in [-0.05, 0) is 53.2 Å². The van der Waals surface area contributed by atoms with E-state index in [2.05, 4.69) is 5.32 Å². The van der Waals surface area contributed by atoms with Gasteiger partial charge in [0.1, 0.15) is 0 Å². The number of benzene rings is 2. The summed E-state index contributed by atoms with van der Waals surface area (Å²) >= 11 is 0.836. The summed E-state index contributed by atoms with van der Waals surface area (Å²) in [5.41, 5.74) is 2.05. The lowest BCUT2D eigenvalue weighted by Crippen LogP contribution is -2.37. The second kappa shape index (κ2) is 11.6. The third-order valence-electron chi connectivity index (χ3n) is 5.01. The first kappa shape index (κ1) is 25.1. The molecular weight excluding hydrogens is 460 g/mol. The lowest BCUT2D eigenvalue weighted by Gasteiger charge is -2.14. The molecule has 1 saturated heterocycles. The predicted octanol–water partition coefficient (Wildman–Crippen LogP) is 3.33. The smallest absolute Gasteiger partial charge is 0.293 e. The van der Waals surface area contributed by atoms with E-state index in [4.69, 9.17) is 18.9 Å². The largest absolute Gasteiger partial charge is 0.493 e. The van der Waals surface area contributed by atoms with Crippen LogP contribution in [0.2, 0.25) is 0 Å². The van der Waals surface area contributed by atoms with Gasteiger partial charge < -0.3 is 24.3 Å². The van der Waals surface area contributed by atoms with E-state index < -0.39 is 11.1 Å². The van der Waals surface area contributed by atoms with Gasteiger partial charge >= 0.3 is 0 Å². The van der Waals surface area contributed by atoms with E-state index >= 15 is 0 Å². The number of ether oxygens (including phenoxy) is 4. The molecule has 1 N–H and O–H groups in total. The number of nitrogens with one attached hydrogen (secondary N) is 1. The summed E-state index contributed by atoms with van der Waals surface area (Å²) < 4.78 is 21.0. The third kappa shape index (κ3) is 5.70. The molecule has 0 aromatic heterocycles. The van der Waals surface area contributed by atoms with Crippen molar-refractivity contribution >= 4 is 34.9 Å². The maximum absolute atomic E-state index is 12.8. The molecule has 0 atom stereocenters. The molecule has 0 unspecified atom stereocenters. The molecule has 1 aliphatic rings. The van der Waals surface area contributed by atoms with E-state index in [-0.39, 0.29) is 23.9 Å². The van der Waals surface area contributed by atoms with Crippen molar-refractivity contribution < 1.29 is 33.3 Å². The number of imide groups is 1. The van der Waals surface area contributed by atoms with Gasteiger partial charge in [0, 0.05) is 25.8 Å². The second-order valence-corrected chi connectivity index (χ2v) is 8.17. The normalized spacial score (nSPS) is 14.5. The highest BCUT2D eigenvalue weighted by molar-refractivity contribution is 8.18. The van der Waals surface area contributed by atoms with Crippen LogP contribution in [0.1, 0.15) is 21.5 Å². The number of nitrogens with zero attached hydrogens (tertiary/aromatic N) is 1. The SMILES string of the molecule is COCc1ccc(C(=O)NCCN2C(=O)S/C(=C\c3cc(OC)c(OC)c(OC)c3)C2=O)cc1. The van der Waals surface area contributed by atoms with Gasteiger partial charge in [0.2, 0.25) is 5.75 Å². The van der Waals surface area contributed by atoms with Crippen LogP contribution in [0.25, 0.3) is 6.08 Å². The standard InChI is InChI=1S/C24H26N2O7S/c1-30-14-15-5-7-17(8-6-15)22(27)25-9-10-26-23(28)20(34-24(26)29)13-16-11-18(31-2)21(33-4)19(12-16)32-3/h5-8,11-13H,9-10,14H2,1-4H3,(H,25,27)/b20-13-. The van der Waals surface area contributed by atoms with Crippen LogP contribution in [0.3, 0.4) is 0 Å². The van der Waals surface area contributed by atoms with Gasteiger partial charge in [0.05, 0.1) is 32.8 Å². The van der Waals surface area contributed by atoms with Gasteiger partial charge in [-0.3, -0.25) is 19.3 Å². The fraction of sp³-hybridized carbons (Fsp3) is 0.292. The molecule has 2 aromatic rings. The molecule has 2 aromatic carbocycles. The molecule has 180 valence electrons. The van der Waals surface area contributed by atoms with Crippen LogP contribution >= 0.6 is 11.8 Å². The van der Waals surface area contributed by atoms with E-state index in [9.17, 15) is 14.4 Å². The van der Waals surface area contributed by atoms with Gasteiger partial charge in [-0.2, -0.15) is 0 Å². The summed E-state index contributed by atoms with van der Waals surface area (Å²) in [6.07, 6.45) is 1.59. The van der Waals surface area contributed by atoms with Crippen LogP contribution in [-0.2, 0) is 16.1 Å². The molecule has 1 fully saturated rings. The van der Waals surface area contributed by atoms with Crippen molar-refractivity contribution in [1.82, 2.24) is 10.2 Å². The third-order valence-corrected chi connectivity index (χ3v) is 5.91. The Labute approximate surface area is 202 Å². The zero-order chi connectivity index (χ0) is 24.7. The minimum Gasteiger partial charge on any atom is -0.493 e. The van der Waals surface area contributed by atoms with Crippen LogP contribution in [0.5, 0.6) is 17.2 Å². The first-order valence-electron chi connectivity index (χ1n) is 10.3. The van der Waals surface area contributed by atoms with Gasteiger partial charge in [-0.25, -0.2) is 0 Å². The van der Waals surface area contributed by atoms with Crippen molar-refractivity contribution in [3.8, 4) is 17.2 Å². The highest BCUT2D eigenvalue weighted by atomic mass is 32.2. The zero-order valence-electron chi connectivity index (χ0n) is 19.4. The van der Waals surface area contributed by atoms with Crippen LogP contribution < -0.4 is 19.5 Å². The number of hydrogen-bond donors (Lipinski definition) is 1. The van der Waals surface area contributed by atoms with Crippen LogP contribution in [0.4, 0.5) is 4.79 Å². The molecule has 34 heavy (non-hydrogen) atoms. The van der Waals surface area contributed by atoms with Crippen molar-refractivity contribution in [2.24, 2.45) is 0 Å². The zero-order valence-corrected chi connectivity index (χ0v) is 20.2. The Hall–Kier alpha value is -3.50. The highest BCUT2D eigenvalue weighted by Crippen LogP contribution is 2.40. The van der Waals surface area contributed by atoms with E-state index in [0.29, 0.717) is 35.0 Å². The van der Waals surface area contributed by atoms with Crippen LogP contribution in [0, 0.1) is 0 Å². The Balaban J connectivity index is 1.64. The number of hydrogen-bond acceptors (Lipinski definition) is 8. The summed E-state index contributed by atoms with van der Waals surface area (Å²) in [4.78, 5) is 38.9. The predicted molar refractivity (Wildman–Crippen MR) is 128 cm³/mol. The minimum atomic E-state index is -0.429. The molecule has 0 saturated carbocycles. The summed E-state index contributed by atoms with van der Waals surface area (Å²) in [6.45, 7) is 0.656. The fourth-order valence-electron chi connectivity index (χ4n) is 3.33. The molecule has 3 rings (SSSR count). The number of rotatable bonds is 10. The molecule has 1 heterocycles. The van der Waals surface area contributed by atoms with Crippen molar-refractivity contribution in [3.63, 3.8) is 0 Å². The first-order valence-corrected chi connectivity index (χ1v) is 11.1. The molecule has 3 amide bonds. The molecule has 9 nitrogen and oxygen atoms in total. The van der Waals surface area contributed by atoms with Crippen LogP contribution in [0.15, 0.2) is 41.3 Å². The Bertz CT molecular complexity index is 1070. The summed E-state index contributed by atoms with van der Waals surface area (Å²) in [7, 11) is 6.10. The molecular formula is C24H26N2O7S. The molecule has 10 heteroatoms. The van der Waals surface area contributed by atoms with E-state index in [1.165, 1.54) is 21.3 Å². The lowest BCUT2D eigenvalue weighted by molar-refractivity contribution is -0.122. The van der Waals surface area contributed by atoms with Crippen LogP contribution in [-0.4, -0.2) is 63.5 Å². The van der Waals surface area contributed by atoms with Gasteiger partial charge in [0.15, 0.2) is 11.5 Å². The molecule has 0 radical (unpaired) electrons. The molecule has 1 aliphatic heterocycles. The van der Waals surface area contributed by atoms with E-state index in [1.54, 1.807) is 37.5 Å². The summed E-state index contributed by atoms with van der Waals surface area (Å²) in [6, 6.07) is 10.4. The van der Waals surface area contributed by atoms with E-state index in [1.807, 2.05) is 12.1 Å². The Morgan fingerprint density at radius 3 is 2.21 bits per heavy atom. The number of carbonyl (C=O) groups is 3. The number of carbonyl (C=O) groups excluding carboxylic acids is 3. The maximum atomic E-state index is 12.8. The second-order valence-electron chi connectivity index (χ2n) is 7.18. The van der Waals surface area contributed by atoms with Gasteiger partial charge in [0.25, 0.3) is 17.1 Å². The topological polar surface area (TPSA) is 103 Å². The van der Waals surface area contributed by atoms with Gasteiger partial charge in [-0.15, -0.1) is 0 Å². The Kier molecular flexibility index (Phi) is 8.55. The minimum absolute atomic E-state index is 0.0603. The fourth-order valence-corrected chi connectivity index (χ4v) is 4.20. The van der Waals surface area contributed by atoms with E-state index in [0.717, 1.165) is 22.2 Å². The molecule has 0 aliphatic carbocycles. The lowest BCUT2D eigenvalue weighted by atomic mass is 10.1. The summed E-state index contributed by atoms with van der Waals surface area (Å²) in [5, 5.41) is 2.33.